The van der Waals surface area contributed by atoms with E-state index < -0.39 is 5.25 Å². The average molecular weight is 558 g/mol. The van der Waals surface area contributed by atoms with E-state index in [0.717, 1.165) is 22.6 Å². The Balaban J connectivity index is 1.45. The molecule has 2 aromatic carbocycles. The van der Waals surface area contributed by atoms with Crippen LogP contribution in [0.3, 0.4) is 0 Å². The third-order valence-corrected chi connectivity index (χ3v) is 7.78. The number of thioether (sulfide) groups is 1. The second kappa shape index (κ2) is 11.7. The second-order valence-corrected chi connectivity index (χ2v) is 10.2. The molecule has 9 heteroatoms. The summed E-state index contributed by atoms with van der Waals surface area (Å²) >= 11 is 4.66. The topological polar surface area (TPSA) is 71.5 Å². The standard InChI is InChI=1S/C26H25BrFN3O3S/c1-34-20-7-4-5-17(13-20)16-30-24(32)15-23-25(33)31(12-10-19-6-2-3-11-29-19)26(35-23)18-8-9-22(28)21(27)14-18/h2-9,11,13-14,23,26H,10,12,15-16H2,1H3,(H,30,32). The van der Waals surface area contributed by atoms with Gasteiger partial charge in [-0.1, -0.05) is 24.3 Å². The van der Waals surface area contributed by atoms with Gasteiger partial charge >= 0.3 is 0 Å². The van der Waals surface area contributed by atoms with Crippen LogP contribution in [0.2, 0.25) is 0 Å². The van der Waals surface area contributed by atoms with Crippen molar-refractivity contribution in [1.82, 2.24) is 15.2 Å². The predicted octanol–water partition coefficient (Wildman–Crippen LogP) is 4.88. The van der Waals surface area contributed by atoms with Gasteiger partial charge in [0.2, 0.25) is 11.8 Å². The zero-order valence-corrected chi connectivity index (χ0v) is 21.5. The molecule has 1 saturated heterocycles. The first-order chi connectivity index (χ1) is 16.9. The highest BCUT2D eigenvalue weighted by atomic mass is 79.9. The highest BCUT2D eigenvalue weighted by molar-refractivity contribution is 9.10. The summed E-state index contributed by atoms with van der Waals surface area (Å²) in [5.41, 5.74) is 2.59. The average Bonchev–Trinajstić information content (AvgIpc) is 3.18. The van der Waals surface area contributed by atoms with Gasteiger partial charge in [-0.2, -0.15) is 0 Å². The van der Waals surface area contributed by atoms with Crippen LogP contribution in [0.1, 0.15) is 28.6 Å². The first-order valence-electron chi connectivity index (χ1n) is 11.1. The van der Waals surface area contributed by atoms with Crippen LogP contribution in [0.25, 0.3) is 0 Å². The zero-order chi connectivity index (χ0) is 24.8. The molecule has 1 aliphatic rings. The number of methoxy groups -OCH3 is 1. The maximum atomic E-state index is 13.8. The van der Waals surface area contributed by atoms with E-state index in [1.807, 2.05) is 42.5 Å². The molecule has 3 aromatic rings. The molecule has 0 spiro atoms. The molecule has 2 unspecified atom stereocenters. The van der Waals surface area contributed by atoms with E-state index in [9.17, 15) is 14.0 Å². The lowest BCUT2D eigenvalue weighted by molar-refractivity contribution is -0.132. The van der Waals surface area contributed by atoms with Gasteiger partial charge in [0.25, 0.3) is 0 Å². The molecule has 0 saturated carbocycles. The first-order valence-corrected chi connectivity index (χ1v) is 12.9. The zero-order valence-electron chi connectivity index (χ0n) is 19.1. The number of ether oxygens (including phenoxy) is 1. The number of aromatic nitrogens is 1. The van der Waals surface area contributed by atoms with E-state index in [1.54, 1.807) is 30.3 Å². The van der Waals surface area contributed by atoms with Crippen molar-refractivity contribution in [3.05, 3.63) is 94.0 Å². The van der Waals surface area contributed by atoms with Crippen molar-refractivity contribution in [2.45, 2.75) is 30.0 Å². The van der Waals surface area contributed by atoms with Crippen molar-refractivity contribution in [3.63, 3.8) is 0 Å². The molecule has 1 fully saturated rings. The van der Waals surface area contributed by atoms with E-state index >= 15 is 0 Å². The minimum Gasteiger partial charge on any atom is -0.497 e. The number of rotatable bonds is 9. The summed E-state index contributed by atoms with van der Waals surface area (Å²) in [4.78, 5) is 32.2. The van der Waals surface area contributed by atoms with Crippen LogP contribution in [-0.2, 0) is 22.6 Å². The Bertz CT molecular complexity index is 1200. The second-order valence-electron chi connectivity index (χ2n) is 8.09. The van der Waals surface area contributed by atoms with Crippen LogP contribution in [0.15, 0.2) is 71.3 Å². The molecular formula is C26H25BrFN3O3S. The van der Waals surface area contributed by atoms with E-state index in [4.69, 9.17) is 4.74 Å². The largest absolute Gasteiger partial charge is 0.497 e. The molecular weight excluding hydrogens is 533 g/mol. The molecule has 2 heterocycles. The number of carbonyl (C=O) groups is 2. The van der Waals surface area contributed by atoms with Gasteiger partial charge in [-0.05, 0) is 63.5 Å². The van der Waals surface area contributed by atoms with Gasteiger partial charge in [-0.15, -0.1) is 11.8 Å². The first kappa shape index (κ1) is 25.2. The molecule has 0 aliphatic carbocycles. The quantitative estimate of drug-likeness (QED) is 0.406. The number of benzene rings is 2. The van der Waals surface area contributed by atoms with E-state index in [2.05, 4.69) is 26.2 Å². The summed E-state index contributed by atoms with van der Waals surface area (Å²) in [5.74, 6) is 0.0453. The molecule has 0 bridgehead atoms. The van der Waals surface area contributed by atoms with Crippen molar-refractivity contribution in [2.75, 3.05) is 13.7 Å². The monoisotopic (exact) mass is 557 g/mol. The normalized spacial score (nSPS) is 17.5. The van der Waals surface area contributed by atoms with Crippen molar-refractivity contribution >= 4 is 39.5 Å². The number of halogens is 2. The summed E-state index contributed by atoms with van der Waals surface area (Å²) in [6, 6.07) is 17.9. The number of nitrogens with zero attached hydrogens (tertiary/aromatic N) is 2. The summed E-state index contributed by atoms with van der Waals surface area (Å²) < 4.78 is 19.4. The van der Waals surface area contributed by atoms with Crippen molar-refractivity contribution < 1.29 is 18.7 Å². The fourth-order valence-electron chi connectivity index (χ4n) is 3.88. The third kappa shape index (κ3) is 6.41. The maximum absolute atomic E-state index is 13.8. The van der Waals surface area contributed by atoms with Gasteiger partial charge in [-0.25, -0.2) is 4.39 Å². The van der Waals surface area contributed by atoms with Gasteiger partial charge < -0.3 is 15.0 Å². The SMILES string of the molecule is COc1cccc(CNC(=O)CC2SC(c3ccc(F)c(Br)c3)N(CCc3ccccn3)C2=O)c1. The molecule has 182 valence electrons. The molecule has 6 nitrogen and oxygen atoms in total. The smallest absolute Gasteiger partial charge is 0.237 e. The molecule has 1 N–H and O–H groups in total. The molecule has 2 atom stereocenters. The lowest BCUT2D eigenvalue weighted by Crippen LogP contribution is -2.35. The number of carbonyl (C=O) groups excluding carboxylic acids is 2. The maximum Gasteiger partial charge on any atom is 0.237 e. The highest BCUT2D eigenvalue weighted by Gasteiger charge is 2.41. The Labute approximate surface area is 216 Å². The Morgan fingerprint density at radius 2 is 2.06 bits per heavy atom. The summed E-state index contributed by atoms with van der Waals surface area (Å²) in [5, 5.41) is 2.05. The van der Waals surface area contributed by atoms with Crippen molar-refractivity contribution in [3.8, 4) is 5.75 Å². The van der Waals surface area contributed by atoms with Gasteiger partial charge in [-0.3, -0.25) is 14.6 Å². The molecule has 4 rings (SSSR count). The summed E-state index contributed by atoms with van der Waals surface area (Å²) in [6.45, 7) is 0.795. The summed E-state index contributed by atoms with van der Waals surface area (Å²) in [6.07, 6.45) is 2.37. The van der Waals surface area contributed by atoms with E-state index in [-0.39, 0.29) is 29.4 Å². The predicted molar refractivity (Wildman–Crippen MR) is 137 cm³/mol. The van der Waals surface area contributed by atoms with Crippen molar-refractivity contribution in [1.29, 1.82) is 0 Å². The van der Waals surface area contributed by atoms with Crippen LogP contribution < -0.4 is 10.1 Å². The Morgan fingerprint density at radius 3 is 2.80 bits per heavy atom. The van der Waals surface area contributed by atoms with Gasteiger partial charge in [0, 0.05) is 37.8 Å². The van der Waals surface area contributed by atoms with E-state index in [1.165, 1.54) is 17.8 Å². The highest BCUT2D eigenvalue weighted by Crippen LogP contribution is 2.45. The number of hydrogen-bond acceptors (Lipinski definition) is 5. The van der Waals surface area contributed by atoms with Crippen LogP contribution in [0.4, 0.5) is 4.39 Å². The number of pyridine rings is 1. The van der Waals surface area contributed by atoms with Gasteiger partial charge in [0.05, 0.1) is 16.8 Å². The van der Waals surface area contributed by atoms with Crippen LogP contribution in [0.5, 0.6) is 5.75 Å². The third-order valence-electron chi connectivity index (χ3n) is 5.69. The molecule has 2 amide bonds. The minimum atomic E-state index is -0.530. The van der Waals surface area contributed by atoms with E-state index in [0.29, 0.717) is 24.0 Å². The van der Waals surface area contributed by atoms with Crippen LogP contribution >= 0.6 is 27.7 Å². The lowest BCUT2D eigenvalue weighted by atomic mass is 10.1. The summed E-state index contributed by atoms with van der Waals surface area (Å²) in [7, 11) is 1.59. The fourth-order valence-corrected chi connectivity index (χ4v) is 5.75. The minimum absolute atomic E-state index is 0.0619. The Hall–Kier alpha value is -2.91. The molecule has 35 heavy (non-hydrogen) atoms. The van der Waals surface area contributed by atoms with Crippen molar-refractivity contribution in [2.24, 2.45) is 0 Å². The number of hydrogen-bond donors (Lipinski definition) is 1. The molecule has 0 radical (unpaired) electrons. The van der Waals surface area contributed by atoms with Gasteiger partial charge in [0.15, 0.2) is 0 Å². The Morgan fingerprint density at radius 1 is 1.20 bits per heavy atom. The number of nitrogens with one attached hydrogen (secondary N) is 1. The molecule has 1 aliphatic heterocycles. The Kier molecular flexibility index (Phi) is 8.41. The molecule has 1 aromatic heterocycles. The van der Waals surface area contributed by atoms with Crippen LogP contribution in [-0.4, -0.2) is 40.6 Å². The fraction of sp³-hybridized carbons (Fsp3) is 0.269. The van der Waals surface area contributed by atoms with Gasteiger partial charge in [0.1, 0.15) is 16.9 Å². The number of amides is 2. The lowest BCUT2D eigenvalue weighted by Gasteiger charge is -2.24. The van der Waals surface area contributed by atoms with Crippen LogP contribution in [0, 0.1) is 5.82 Å².